The van der Waals surface area contributed by atoms with E-state index in [2.05, 4.69) is 10.6 Å². The molecule has 1 aliphatic rings. The van der Waals surface area contributed by atoms with Crippen molar-refractivity contribution in [3.63, 3.8) is 0 Å². The van der Waals surface area contributed by atoms with E-state index in [-0.39, 0.29) is 29.5 Å². The smallest absolute Gasteiger partial charge is 0.251 e. The van der Waals surface area contributed by atoms with Gasteiger partial charge in [-0.2, -0.15) is 0 Å². The van der Waals surface area contributed by atoms with Crippen LogP contribution in [-0.4, -0.2) is 31.0 Å². The van der Waals surface area contributed by atoms with Gasteiger partial charge in [0.2, 0.25) is 0 Å². The lowest BCUT2D eigenvalue weighted by atomic mass is 9.95. The van der Waals surface area contributed by atoms with Gasteiger partial charge in [0.05, 0.1) is 7.11 Å². The van der Waals surface area contributed by atoms with Crippen molar-refractivity contribution >= 4 is 11.8 Å². The Bertz CT molecular complexity index is 967. The number of nitrogens with one attached hydrogen (secondary N) is 2. The highest BCUT2D eigenvalue weighted by Crippen LogP contribution is 2.35. The van der Waals surface area contributed by atoms with Gasteiger partial charge < -0.3 is 15.4 Å². The fourth-order valence-corrected chi connectivity index (χ4v) is 3.10. The molecule has 1 atom stereocenters. The molecule has 0 bridgehead atoms. The first-order valence-corrected chi connectivity index (χ1v) is 10.3. The zero-order valence-corrected chi connectivity index (χ0v) is 18.1. The molecule has 2 aromatic carbocycles. The van der Waals surface area contributed by atoms with E-state index in [0.717, 1.165) is 12.8 Å². The van der Waals surface area contributed by atoms with Crippen molar-refractivity contribution in [2.75, 3.05) is 7.11 Å². The number of ether oxygens (including phenoxy) is 1. The molecular formula is C24H29FN2O3. The Labute approximate surface area is 177 Å². The van der Waals surface area contributed by atoms with Crippen LogP contribution in [-0.2, 0) is 0 Å². The largest absolute Gasteiger partial charge is 0.496 e. The summed E-state index contributed by atoms with van der Waals surface area (Å²) >= 11 is 0. The summed E-state index contributed by atoms with van der Waals surface area (Å²) in [6, 6.07) is 8.22. The molecule has 0 radical (unpaired) electrons. The van der Waals surface area contributed by atoms with E-state index in [9.17, 15) is 14.0 Å². The van der Waals surface area contributed by atoms with Crippen molar-refractivity contribution in [1.82, 2.24) is 10.6 Å². The standard InChI is InChI=1S/C24H29FN2O3/c1-13(2)15(4)26-23(28)16-6-9-19(22(12-16)30-5)20-10-17(11-21(25)14(20)3)24(29)27-18-7-8-18/h6,9-13,15,18H,7-8H2,1-5H3,(H,26,28)(H,27,29). The highest BCUT2D eigenvalue weighted by molar-refractivity contribution is 5.98. The molecule has 2 amide bonds. The predicted octanol–water partition coefficient (Wildman–Crippen LogP) is 4.48. The Kier molecular flexibility index (Phi) is 6.44. The van der Waals surface area contributed by atoms with E-state index >= 15 is 0 Å². The van der Waals surface area contributed by atoms with Gasteiger partial charge in [-0.15, -0.1) is 0 Å². The fourth-order valence-electron chi connectivity index (χ4n) is 3.10. The Morgan fingerprint density at radius 2 is 1.73 bits per heavy atom. The Morgan fingerprint density at radius 1 is 1.03 bits per heavy atom. The first-order chi connectivity index (χ1) is 14.2. The predicted molar refractivity (Wildman–Crippen MR) is 115 cm³/mol. The van der Waals surface area contributed by atoms with Gasteiger partial charge >= 0.3 is 0 Å². The maximum Gasteiger partial charge on any atom is 0.251 e. The molecule has 30 heavy (non-hydrogen) atoms. The van der Waals surface area contributed by atoms with Crippen LogP contribution in [0.3, 0.4) is 0 Å². The van der Waals surface area contributed by atoms with Gasteiger partial charge in [0.15, 0.2) is 0 Å². The van der Waals surface area contributed by atoms with Crippen LogP contribution in [0, 0.1) is 18.7 Å². The highest BCUT2D eigenvalue weighted by Gasteiger charge is 2.25. The molecule has 160 valence electrons. The van der Waals surface area contributed by atoms with Gasteiger partial charge in [0.1, 0.15) is 11.6 Å². The number of carbonyl (C=O) groups excluding carboxylic acids is 2. The van der Waals surface area contributed by atoms with E-state index in [1.165, 1.54) is 13.2 Å². The number of amides is 2. The minimum atomic E-state index is -0.455. The van der Waals surface area contributed by atoms with Crippen molar-refractivity contribution in [1.29, 1.82) is 0 Å². The molecule has 0 spiro atoms. The molecule has 0 aromatic heterocycles. The summed E-state index contributed by atoms with van der Waals surface area (Å²) in [4.78, 5) is 25.0. The molecule has 1 fully saturated rings. The summed E-state index contributed by atoms with van der Waals surface area (Å²) in [5, 5.41) is 5.85. The van der Waals surface area contributed by atoms with Crippen molar-refractivity contribution < 1.29 is 18.7 Å². The van der Waals surface area contributed by atoms with Crippen LogP contribution in [0.15, 0.2) is 30.3 Å². The van der Waals surface area contributed by atoms with Crippen LogP contribution in [0.5, 0.6) is 5.75 Å². The molecule has 5 nitrogen and oxygen atoms in total. The topological polar surface area (TPSA) is 67.4 Å². The van der Waals surface area contributed by atoms with E-state index in [4.69, 9.17) is 4.74 Å². The van der Waals surface area contributed by atoms with Gasteiger partial charge in [0.25, 0.3) is 11.8 Å². The van der Waals surface area contributed by atoms with Gasteiger partial charge in [-0.05, 0) is 74.1 Å². The van der Waals surface area contributed by atoms with E-state index in [1.54, 1.807) is 31.2 Å². The van der Waals surface area contributed by atoms with Gasteiger partial charge in [-0.25, -0.2) is 4.39 Å². The van der Waals surface area contributed by atoms with Gasteiger partial charge in [-0.1, -0.05) is 13.8 Å². The van der Waals surface area contributed by atoms with Crippen LogP contribution < -0.4 is 15.4 Å². The molecule has 2 aromatic rings. The molecule has 0 aliphatic heterocycles. The number of carbonyl (C=O) groups is 2. The first kappa shape index (κ1) is 21.8. The number of hydrogen-bond acceptors (Lipinski definition) is 3. The summed E-state index contributed by atoms with van der Waals surface area (Å²) in [6.07, 6.45) is 1.92. The molecule has 1 saturated carbocycles. The summed E-state index contributed by atoms with van der Waals surface area (Å²) in [6.45, 7) is 7.70. The normalized spacial score (nSPS) is 14.4. The third-order valence-corrected chi connectivity index (χ3v) is 5.63. The maximum atomic E-state index is 14.6. The minimum absolute atomic E-state index is 0.0289. The maximum absolute atomic E-state index is 14.6. The van der Waals surface area contributed by atoms with Crippen LogP contribution >= 0.6 is 0 Å². The van der Waals surface area contributed by atoms with Crippen LogP contribution in [0.4, 0.5) is 4.39 Å². The van der Waals surface area contributed by atoms with Gasteiger partial charge in [0, 0.05) is 28.8 Å². The zero-order valence-electron chi connectivity index (χ0n) is 18.1. The summed E-state index contributed by atoms with van der Waals surface area (Å²) < 4.78 is 20.1. The van der Waals surface area contributed by atoms with E-state index in [0.29, 0.717) is 33.9 Å². The second-order valence-electron chi connectivity index (χ2n) is 8.30. The number of rotatable bonds is 7. The zero-order chi connectivity index (χ0) is 22.0. The first-order valence-electron chi connectivity index (χ1n) is 10.3. The molecule has 0 saturated heterocycles. The van der Waals surface area contributed by atoms with Crippen molar-refractivity contribution in [3.8, 4) is 16.9 Å². The van der Waals surface area contributed by atoms with Crippen LogP contribution in [0.2, 0.25) is 0 Å². The summed E-state index contributed by atoms with van der Waals surface area (Å²) in [5.41, 5.74) is 2.35. The summed E-state index contributed by atoms with van der Waals surface area (Å²) in [7, 11) is 1.51. The fraction of sp³-hybridized carbons (Fsp3) is 0.417. The summed E-state index contributed by atoms with van der Waals surface area (Å²) in [5.74, 6) is -0.174. The average Bonchev–Trinajstić information content (AvgIpc) is 3.53. The second kappa shape index (κ2) is 8.86. The number of benzene rings is 2. The van der Waals surface area contributed by atoms with E-state index < -0.39 is 5.82 Å². The van der Waals surface area contributed by atoms with Crippen molar-refractivity contribution in [3.05, 3.63) is 52.8 Å². The Balaban J connectivity index is 1.95. The third kappa shape index (κ3) is 4.81. The highest BCUT2D eigenvalue weighted by atomic mass is 19.1. The minimum Gasteiger partial charge on any atom is -0.496 e. The number of methoxy groups -OCH3 is 1. The molecule has 1 unspecified atom stereocenters. The van der Waals surface area contributed by atoms with Crippen molar-refractivity contribution in [2.45, 2.75) is 52.6 Å². The lowest BCUT2D eigenvalue weighted by Gasteiger charge is -2.18. The molecule has 3 rings (SSSR count). The Hall–Kier alpha value is -2.89. The molecular weight excluding hydrogens is 383 g/mol. The quantitative estimate of drug-likeness (QED) is 0.705. The van der Waals surface area contributed by atoms with E-state index in [1.807, 2.05) is 20.8 Å². The molecule has 0 heterocycles. The second-order valence-corrected chi connectivity index (χ2v) is 8.30. The lowest BCUT2D eigenvalue weighted by Crippen LogP contribution is -2.36. The number of halogens is 1. The van der Waals surface area contributed by atoms with Crippen LogP contribution in [0.25, 0.3) is 11.1 Å². The molecule has 6 heteroatoms. The number of hydrogen-bond donors (Lipinski definition) is 2. The molecule has 1 aliphatic carbocycles. The average molecular weight is 413 g/mol. The van der Waals surface area contributed by atoms with Gasteiger partial charge in [-0.3, -0.25) is 9.59 Å². The molecule has 2 N–H and O–H groups in total. The van der Waals surface area contributed by atoms with Crippen LogP contribution in [0.1, 0.15) is 59.9 Å². The third-order valence-electron chi connectivity index (χ3n) is 5.63. The SMILES string of the molecule is COc1cc(C(=O)NC(C)C(C)C)ccc1-c1cc(C(=O)NC2CC2)cc(F)c1C. The van der Waals surface area contributed by atoms with Crippen molar-refractivity contribution in [2.24, 2.45) is 5.92 Å². The lowest BCUT2D eigenvalue weighted by molar-refractivity contribution is 0.0927. The Morgan fingerprint density at radius 3 is 2.33 bits per heavy atom. The monoisotopic (exact) mass is 412 g/mol.